The lowest BCUT2D eigenvalue weighted by molar-refractivity contribution is 0.185. The van der Waals surface area contributed by atoms with E-state index in [2.05, 4.69) is 33.2 Å². The molecular weight excluding hydrogens is 264 g/mol. The Morgan fingerprint density at radius 3 is 2.81 bits per heavy atom. The fourth-order valence-electron chi connectivity index (χ4n) is 2.91. The molecule has 0 aromatic carbocycles. The van der Waals surface area contributed by atoms with Gasteiger partial charge < -0.3 is 10.3 Å². The van der Waals surface area contributed by atoms with Gasteiger partial charge >= 0.3 is 0 Å². The molecule has 2 aromatic heterocycles. The van der Waals surface area contributed by atoms with Crippen molar-refractivity contribution in [3.05, 3.63) is 39.8 Å². The molecule has 0 spiro atoms. The van der Waals surface area contributed by atoms with Crippen LogP contribution in [0.4, 0.5) is 0 Å². The lowest BCUT2D eigenvalue weighted by Gasteiger charge is -2.32. The van der Waals surface area contributed by atoms with Gasteiger partial charge in [-0.25, -0.2) is 0 Å². The smallest absolute Gasteiger partial charge is 0.251 e. The quantitative estimate of drug-likeness (QED) is 0.896. The second-order valence-corrected chi connectivity index (χ2v) is 5.64. The molecule has 1 aliphatic rings. The summed E-state index contributed by atoms with van der Waals surface area (Å²) in [6.45, 7) is 8.34. The van der Waals surface area contributed by atoms with Gasteiger partial charge in [0.05, 0.1) is 11.0 Å². The Bertz CT molecular complexity index is 688. The molecule has 5 heteroatoms. The van der Waals surface area contributed by atoms with Gasteiger partial charge in [-0.3, -0.25) is 14.7 Å². The third-order valence-electron chi connectivity index (χ3n) is 4.35. The molecule has 2 aromatic rings. The molecular formula is C16H22N4O. The molecule has 1 saturated heterocycles. The molecule has 3 heterocycles. The number of piperazine rings is 1. The fourth-order valence-corrected chi connectivity index (χ4v) is 2.91. The first-order valence-corrected chi connectivity index (χ1v) is 7.65. The molecule has 21 heavy (non-hydrogen) atoms. The van der Waals surface area contributed by atoms with Crippen LogP contribution in [0.2, 0.25) is 0 Å². The molecule has 1 atom stereocenters. The number of nitrogens with zero attached hydrogens (tertiary/aromatic N) is 2. The van der Waals surface area contributed by atoms with Crippen LogP contribution < -0.4 is 10.9 Å². The van der Waals surface area contributed by atoms with Gasteiger partial charge in [-0.2, -0.15) is 0 Å². The third kappa shape index (κ3) is 2.84. The minimum absolute atomic E-state index is 0.00113. The number of aromatic amines is 1. The molecule has 5 nitrogen and oxygen atoms in total. The number of aryl methyl sites for hydroxylation is 1. The highest BCUT2D eigenvalue weighted by atomic mass is 16.1. The highest BCUT2D eigenvalue weighted by Crippen LogP contribution is 2.22. The molecule has 0 aliphatic carbocycles. The number of H-pyrrole nitrogens is 1. The summed E-state index contributed by atoms with van der Waals surface area (Å²) in [6, 6.07) is 4.28. The molecule has 0 amide bonds. The molecule has 1 unspecified atom stereocenters. The van der Waals surface area contributed by atoms with Crippen LogP contribution in [-0.2, 0) is 6.42 Å². The minimum Gasteiger partial charge on any atom is -0.320 e. The maximum Gasteiger partial charge on any atom is 0.251 e. The van der Waals surface area contributed by atoms with E-state index in [4.69, 9.17) is 0 Å². The van der Waals surface area contributed by atoms with Crippen LogP contribution in [0.5, 0.6) is 0 Å². The van der Waals surface area contributed by atoms with Crippen molar-refractivity contribution in [2.45, 2.75) is 26.3 Å². The maximum atomic E-state index is 11.9. The largest absolute Gasteiger partial charge is 0.320 e. The van der Waals surface area contributed by atoms with Crippen molar-refractivity contribution in [3.63, 3.8) is 0 Å². The van der Waals surface area contributed by atoms with Crippen LogP contribution >= 0.6 is 0 Å². The highest BCUT2D eigenvalue weighted by molar-refractivity contribution is 5.75. The van der Waals surface area contributed by atoms with E-state index >= 15 is 0 Å². The molecule has 1 fully saturated rings. The summed E-state index contributed by atoms with van der Waals surface area (Å²) in [5.41, 5.74) is 3.64. The fraction of sp³-hybridized carbons (Fsp3) is 0.500. The van der Waals surface area contributed by atoms with Crippen molar-refractivity contribution in [1.29, 1.82) is 0 Å². The van der Waals surface area contributed by atoms with Crippen LogP contribution in [0.3, 0.4) is 0 Å². The predicted molar refractivity (Wildman–Crippen MR) is 84.6 cm³/mol. The Balaban J connectivity index is 1.94. The summed E-state index contributed by atoms with van der Waals surface area (Å²) in [4.78, 5) is 21.9. The highest BCUT2D eigenvalue weighted by Gasteiger charge is 2.18. The zero-order valence-corrected chi connectivity index (χ0v) is 12.6. The van der Waals surface area contributed by atoms with Crippen molar-refractivity contribution >= 4 is 11.0 Å². The second-order valence-electron chi connectivity index (χ2n) is 5.64. The van der Waals surface area contributed by atoms with Crippen molar-refractivity contribution in [2.75, 3.05) is 26.2 Å². The van der Waals surface area contributed by atoms with Gasteiger partial charge in [0.2, 0.25) is 0 Å². The number of hydrogen-bond donors (Lipinski definition) is 2. The number of aromatic nitrogens is 2. The average Bonchev–Trinajstić information content (AvgIpc) is 2.53. The molecule has 0 radical (unpaired) electrons. The Kier molecular flexibility index (Phi) is 4.03. The summed E-state index contributed by atoms with van der Waals surface area (Å²) >= 11 is 0. The molecule has 1 aliphatic heterocycles. The SMILES string of the molecule is CCc1cc2ncc(C(C)N3CCNCC3)cc2[nH]c1=O. The molecule has 3 rings (SSSR count). The number of fused-ring (bicyclic) bond motifs is 1. The Morgan fingerprint density at radius 1 is 1.33 bits per heavy atom. The zero-order chi connectivity index (χ0) is 14.8. The summed E-state index contributed by atoms with van der Waals surface area (Å²) in [5.74, 6) is 0. The normalized spacial score (nSPS) is 18.0. The number of hydrogen-bond acceptors (Lipinski definition) is 4. The first-order chi connectivity index (χ1) is 10.2. The zero-order valence-electron chi connectivity index (χ0n) is 12.6. The van der Waals surface area contributed by atoms with Crippen molar-refractivity contribution in [3.8, 4) is 0 Å². The number of pyridine rings is 2. The first-order valence-electron chi connectivity index (χ1n) is 7.65. The lowest BCUT2D eigenvalue weighted by Crippen LogP contribution is -2.44. The van der Waals surface area contributed by atoms with Gasteiger partial charge in [-0.1, -0.05) is 6.92 Å². The van der Waals surface area contributed by atoms with Crippen molar-refractivity contribution in [2.24, 2.45) is 0 Å². The van der Waals surface area contributed by atoms with E-state index < -0.39 is 0 Å². The van der Waals surface area contributed by atoms with E-state index in [1.54, 1.807) is 0 Å². The topological polar surface area (TPSA) is 61.0 Å². The standard InChI is InChI=1S/C16H22N4O/c1-3-12-8-14-15(19-16(12)21)9-13(10-18-14)11(2)20-6-4-17-5-7-20/h8-11,17H,3-7H2,1-2H3,(H,19,21). The van der Waals surface area contributed by atoms with Gasteiger partial charge in [0, 0.05) is 44.0 Å². The predicted octanol–water partition coefficient (Wildman–Crippen LogP) is 1.45. The van der Waals surface area contributed by atoms with Crippen molar-refractivity contribution < 1.29 is 0 Å². The van der Waals surface area contributed by atoms with Crippen LogP contribution in [0.1, 0.15) is 31.0 Å². The van der Waals surface area contributed by atoms with Crippen molar-refractivity contribution in [1.82, 2.24) is 20.2 Å². The summed E-state index contributed by atoms with van der Waals surface area (Å²) < 4.78 is 0. The van der Waals surface area contributed by atoms with Crippen LogP contribution in [-0.4, -0.2) is 41.0 Å². The van der Waals surface area contributed by atoms with Gasteiger partial charge in [0.15, 0.2) is 0 Å². The third-order valence-corrected chi connectivity index (χ3v) is 4.35. The maximum absolute atomic E-state index is 11.9. The van der Waals surface area contributed by atoms with Crippen LogP contribution in [0.25, 0.3) is 11.0 Å². The van der Waals surface area contributed by atoms with Gasteiger partial charge in [0.25, 0.3) is 5.56 Å². The van der Waals surface area contributed by atoms with E-state index in [1.165, 1.54) is 0 Å². The molecule has 0 bridgehead atoms. The van der Waals surface area contributed by atoms with Crippen LogP contribution in [0.15, 0.2) is 23.1 Å². The Morgan fingerprint density at radius 2 is 2.10 bits per heavy atom. The summed E-state index contributed by atoms with van der Waals surface area (Å²) in [6.07, 6.45) is 2.67. The minimum atomic E-state index is -0.00113. The molecule has 0 saturated carbocycles. The second kappa shape index (κ2) is 5.95. The van der Waals surface area contributed by atoms with Gasteiger partial charge in [-0.15, -0.1) is 0 Å². The monoisotopic (exact) mass is 286 g/mol. The Hall–Kier alpha value is -1.72. The number of nitrogens with one attached hydrogen (secondary N) is 2. The van der Waals surface area contributed by atoms with Gasteiger partial charge in [0.1, 0.15) is 0 Å². The van der Waals surface area contributed by atoms with E-state index in [-0.39, 0.29) is 5.56 Å². The van der Waals surface area contributed by atoms with E-state index in [1.807, 2.05) is 19.2 Å². The molecule has 112 valence electrons. The Labute approximate surface area is 124 Å². The summed E-state index contributed by atoms with van der Waals surface area (Å²) in [5, 5.41) is 3.37. The van der Waals surface area contributed by atoms with E-state index in [9.17, 15) is 4.79 Å². The van der Waals surface area contributed by atoms with E-state index in [0.717, 1.165) is 54.8 Å². The van der Waals surface area contributed by atoms with E-state index in [0.29, 0.717) is 6.04 Å². The van der Waals surface area contributed by atoms with Gasteiger partial charge in [-0.05, 0) is 31.0 Å². The lowest BCUT2D eigenvalue weighted by atomic mass is 10.1. The average molecular weight is 286 g/mol. The molecule has 2 N–H and O–H groups in total. The number of rotatable bonds is 3. The first kappa shape index (κ1) is 14.2. The summed E-state index contributed by atoms with van der Waals surface area (Å²) in [7, 11) is 0. The van der Waals surface area contributed by atoms with Crippen LogP contribution in [0, 0.1) is 0 Å².